The molecular weight excluding hydrogens is 240 g/mol. The van der Waals surface area contributed by atoms with E-state index in [9.17, 15) is 0 Å². The molecule has 5 heavy (non-hydrogen) atoms. The van der Waals surface area contributed by atoms with Gasteiger partial charge in [0.2, 0.25) is 0 Å². The minimum atomic E-state index is 0. The molecule has 0 bridgehead atoms. The third-order valence-electron chi connectivity index (χ3n) is 0. The van der Waals surface area contributed by atoms with Crippen molar-refractivity contribution in [3.05, 3.63) is 0 Å². The van der Waals surface area contributed by atoms with Crippen molar-refractivity contribution < 1.29 is 69.7 Å². The Balaban J connectivity index is 0. The molecule has 0 spiro atoms. The fourth-order valence-electron chi connectivity index (χ4n) is 0. The van der Waals surface area contributed by atoms with E-state index in [-0.39, 0.29) is 69.7 Å². The number of hydrogen-bond acceptors (Lipinski definition) is 0. The van der Waals surface area contributed by atoms with Crippen LogP contribution in [0.5, 0.6) is 0 Å². The Morgan fingerprint density at radius 3 is 0.400 bits per heavy atom. The molecular formula is Cl4Tc. The summed E-state index contributed by atoms with van der Waals surface area (Å²) in [5.41, 5.74) is 0. The quantitative estimate of drug-likeness (QED) is 0.394. The Labute approximate surface area is 69.5 Å². The van der Waals surface area contributed by atoms with E-state index in [4.69, 9.17) is 0 Å². The Kier molecular flexibility index (Phi) is 576. The van der Waals surface area contributed by atoms with E-state index in [1.54, 1.807) is 0 Å². The summed E-state index contributed by atoms with van der Waals surface area (Å²) in [6, 6.07) is 0. The number of hydrogen-bond donors (Lipinski definition) is 0. The van der Waals surface area contributed by atoms with Crippen LogP contribution in [0.25, 0.3) is 0 Å². The Morgan fingerprint density at radius 2 is 0.400 bits per heavy atom. The minimum Gasteiger partial charge on any atom is -1.00 e. The summed E-state index contributed by atoms with van der Waals surface area (Å²) in [7, 11) is 0. The first-order chi connectivity index (χ1) is 0. The summed E-state index contributed by atoms with van der Waals surface area (Å²) in [4.78, 5) is 0. The second-order valence-electron chi connectivity index (χ2n) is 0. The van der Waals surface area contributed by atoms with Crippen LogP contribution in [0.3, 0.4) is 0 Å². The van der Waals surface area contributed by atoms with E-state index >= 15 is 0 Å². The van der Waals surface area contributed by atoms with Crippen molar-refractivity contribution in [1.29, 1.82) is 0 Å². The van der Waals surface area contributed by atoms with Crippen LogP contribution in [-0.4, -0.2) is 0 Å². The SMILES string of the molecule is [Cl-].[Cl-].[Cl-].[Cl-].[Tc+4]. The normalized spacial score (nSPS) is 0. The molecule has 0 unspecified atom stereocenters. The van der Waals surface area contributed by atoms with Crippen LogP contribution in [0.2, 0.25) is 0 Å². The molecule has 0 N–H and O–H groups in total. The van der Waals surface area contributed by atoms with Crippen molar-refractivity contribution in [3.63, 3.8) is 0 Å². The molecule has 0 nitrogen and oxygen atoms in total. The zero-order chi connectivity index (χ0) is 0. The van der Waals surface area contributed by atoms with Gasteiger partial charge in [-0.05, 0) is 0 Å². The molecule has 0 aliphatic rings. The van der Waals surface area contributed by atoms with Gasteiger partial charge in [-0.25, -0.2) is 0 Å². The summed E-state index contributed by atoms with van der Waals surface area (Å²) in [6.45, 7) is 0. The van der Waals surface area contributed by atoms with Gasteiger partial charge in [-0.3, -0.25) is 0 Å². The largest absolute Gasteiger partial charge is 4.00 e. The molecule has 0 saturated carbocycles. The fourth-order valence-corrected chi connectivity index (χ4v) is 0. The standard InChI is InChI=1S/4ClH.Tc/h4*1H;/q;;;;+4/p-4. The van der Waals surface area contributed by atoms with Gasteiger partial charge in [0.1, 0.15) is 0 Å². The van der Waals surface area contributed by atoms with Crippen LogP contribution in [0.4, 0.5) is 0 Å². The van der Waals surface area contributed by atoms with E-state index in [0.717, 1.165) is 0 Å². The first-order valence-electron chi connectivity index (χ1n) is 0. The molecule has 0 aromatic rings. The molecule has 0 saturated heterocycles. The third kappa shape index (κ3) is 25.8. The van der Waals surface area contributed by atoms with Crippen molar-refractivity contribution in [1.82, 2.24) is 0 Å². The molecule has 0 heterocycles. The van der Waals surface area contributed by atoms with Crippen molar-refractivity contribution in [3.8, 4) is 0 Å². The molecule has 0 atom stereocenters. The number of halogens is 4. The summed E-state index contributed by atoms with van der Waals surface area (Å²) in [6.07, 6.45) is 0. The topological polar surface area (TPSA) is 0 Å². The van der Waals surface area contributed by atoms with Crippen LogP contribution >= 0.6 is 0 Å². The predicted molar refractivity (Wildman–Crippen MR) is 0 cm³/mol. The van der Waals surface area contributed by atoms with Gasteiger partial charge in [-0.2, -0.15) is 0 Å². The summed E-state index contributed by atoms with van der Waals surface area (Å²) in [5.74, 6) is 0. The van der Waals surface area contributed by atoms with Gasteiger partial charge in [0.05, 0.1) is 0 Å². The van der Waals surface area contributed by atoms with Gasteiger partial charge in [0, 0.05) is 0 Å². The van der Waals surface area contributed by atoms with Gasteiger partial charge >= 0.3 is 20.1 Å². The minimum absolute atomic E-state index is 0. The third-order valence-corrected chi connectivity index (χ3v) is 0. The zero-order valence-corrected chi connectivity index (χ0v) is 6.77. The summed E-state index contributed by atoms with van der Waals surface area (Å²) < 4.78 is 0. The molecule has 35 valence electrons. The second kappa shape index (κ2) is 41.0. The van der Waals surface area contributed by atoms with Crippen LogP contribution in [0.1, 0.15) is 0 Å². The average Bonchev–Trinajstić information content (AvgIpc) is 0. The molecule has 1 radical (unpaired) electrons. The smallest absolute Gasteiger partial charge is 1.00 e. The van der Waals surface area contributed by atoms with Crippen LogP contribution in [-0.2, 0) is 20.1 Å². The van der Waals surface area contributed by atoms with Crippen LogP contribution < -0.4 is 49.6 Å². The molecule has 0 aliphatic heterocycles. The Morgan fingerprint density at radius 1 is 0.400 bits per heavy atom. The first-order valence-corrected chi connectivity index (χ1v) is 0. The maximum atomic E-state index is 0. The molecule has 0 rings (SSSR count). The maximum Gasteiger partial charge on any atom is 4.00 e. The second-order valence-corrected chi connectivity index (χ2v) is 0. The first kappa shape index (κ1) is 70.2. The van der Waals surface area contributed by atoms with Gasteiger partial charge in [0.15, 0.2) is 0 Å². The van der Waals surface area contributed by atoms with Crippen molar-refractivity contribution in [2.45, 2.75) is 0 Å². The van der Waals surface area contributed by atoms with Gasteiger partial charge in [-0.1, -0.05) is 0 Å². The fraction of sp³-hybridized carbons (Fsp3) is 0. The van der Waals surface area contributed by atoms with Crippen LogP contribution in [0.15, 0.2) is 0 Å². The average molecular weight is 240 g/mol. The van der Waals surface area contributed by atoms with Crippen molar-refractivity contribution in [2.24, 2.45) is 0 Å². The monoisotopic (exact) mass is 237 g/mol. The molecule has 5 heteroatoms. The van der Waals surface area contributed by atoms with Gasteiger partial charge in [0.25, 0.3) is 0 Å². The van der Waals surface area contributed by atoms with Gasteiger partial charge < -0.3 is 49.6 Å². The molecule has 0 aliphatic carbocycles. The predicted octanol–water partition coefficient (Wildman–Crippen LogP) is -12.0. The maximum absolute atomic E-state index is 0. The molecule has 0 aromatic carbocycles. The van der Waals surface area contributed by atoms with Gasteiger partial charge in [-0.15, -0.1) is 0 Å². The van der Waals surface area contributed by atoms with E-state index < -0.39 is 0 Å². The molecule has 0 amide bonds. The van der Waals surface area contributed by atoms with Crippen molar-refractivity contribution >= 4 is 0 Å². The molecule has 0 aromatic heterocycles. The Hall–Kier alpha value is 1.81. The van der Waals surface area contributed by atoms with E-state index in [0.29, 0.717) is 0 Å². The number of rotatable bonds is 0. The summed E-state index contributed by atoms with van der Waals surface area (Å²) >= 11 is 0. The van der Waals surface area contributed by atoms with Crippen molar-refractivity contribution in [2.75, 3.05) is 0 Å². The zero-order valence-electron chi connectivity index (χ0n) is 1.89. The van der Waals surface area contributed by atoms with E-state index in [2.05, 4.69) is 0 Å². The molecule has 0 fully saturated rings. The van der Waals surface area contributed by atoms with E-state index in [1.165, 1.54) is 0 Å². The van der Waals surface area contributed by atoms with E-state index in [1.807, 2.05) is 0 Å². The van der Waals surface area contributed by atoms with Crippen LogP contribution in [0, 0.1) is 0 Å². The summed E-state index contributed by atoms with van der Waals surface area (Å²) in [5, 5.41) is 0. The Bertz CT molecular complexity index is 3.61.